The van der Waals surface area contributed by atoms with E-state index in [0.29, 0.717) is 17.7 Å². The molecular formula is C22H30N2O3. The van der Waals surface area contributed by atoms with Crippen molar-refractivity contribution in [1.29, 1.82) is 0 Å². The van der Waals surface area contributed by atoms with Gasteiger partial charge in [-0.25, -0.2) is 4.79 Å². The Morgan fingerprint density at radius 3 is 2.41 bits per heavy atom. The van der Waals surface area contributed by atoms with Crippen molar-refractivity contribution in [2.24, 2.45) is 0 Å². The summed E-state index contributed by atoms with van der Waals surface area (Å²) in [5.41, 5.74) is 2.28. The van der Waals surface area contributed by atoms with Crippen molar-refractivity contribution in [3.63, 3.8) is 0 Å². The third kappa shape index (κ3) is 4.65. The molecule has 1 aromatic carbocycles. The van der Waals surface area contributed by atoms with Crippen molar-refractivity contribution >= 4 is 5.78 Å². The molecule has 0 radical (unpaired) electrons. The molecule has 146 valence electrons. The highest BCUT2D eigenvalue weighted by atomic mass is 16.2. The summed E-state index contributed by atoms with van der Waals surface area (Å²) >= 11 is 0. The van der Waals surface area contributed by atoms with Crippen LogP contribution >= 0.6 is 0 Å². The molecule has 0 aliphatic heterocycles. The molecule has 5 nitrogen and oxygen atoms in total. The zero-order valence-corrected chi connectivity index (χ0v) is 17.0. The minimum atomic E-state index is -0.511. The molecule has 0 aliphatic rings. The van der Waals surface area contributed by atoms with Gasteiger partial charge in [0.1, 0.15) is 5.69 Å². The fraction of sp³-hybridized carbons (Fsp3) is 0.500. The van der Waals surface area contributed by atoms with E-state index in [1.807, 2.05) is 39.8 Å². The fourth-order valence-electron chi connectivity index (χ4n) is 3.46. The molecule has 0 aliphatic carbocycles. The number of aromatic amines is 1. The lowest BCUT2D eigenvalue weighted by atomic mass is 9.94. The van der Waals surface area contributed by atoms with Crippen LogP contribution in [-0.2, 0) is 13.0 Å². The Bertz CT molecular complexity index is 936. The predicted molar refractivity (Wildman–Crippen MR) is 109 cm³/mol. The zero-order chi connectivity index (χ0) is 20.1. The summed E-state index contributed by atoms with van der Waals surface area (Å²) < 4.78 is 1.45. The van der Waals surface area contributed by atoms with Crippen molar-refractivity contribution in [2.45, 2.75) is 72.8 Å². The van der Waals surface area contributed by atoms with Gasteiger partial charge in [0.05, 0.1) is 0 Å². The number of aryl methyl sites for hydroxylation is 2. The lowest BCUT2D eigenvalue weighted by Crippen LogP contribution is -2.38. The molecular weight excluding hydrogens is 340 g/mol. The Kier molecular flexibility index (Phi) is 6.94. The van der Waals surface area contributed by atoms with Gasteiger partial charge in [0, 0.05) is 17.7 Å². The van der Waals surface area contributed by atoms with Gasteiger partial charge in [0.25, 0.3) is 5.56 Å². The van der Waals surface area contributed by atoms with Crippen LogP contribution in [0.15, 0.2) is 27.8 Å². The van der Waals surface area contributed by atoms with E-state index in [1.54, 1.807) is 0 Å². The van der Waals surface area contributed by atoms with Gasteiger partial charge in [-0.3, -0.25) is 19.1 Å². The topological polar surface area (TPSA) is 71.9 Å². The van der Waals surface area contributed by atoms with Gasteiger partial charge in [-0.05, 0) is 43.4 Å². The summed E-state index contributed by atoms with van der Waals surface area (Å²) in [5.74, 6) is -0.417. The van der Waals surface area contributed by atoms with Gasteiger partial charge in [-0.15, -0.1) is 0 Å². The summed E-state index contributed by atoms with van der Waals surface area (Å²) in [6, 6.07) is 5.80. The summed E-state index contributed by atoms with van der Waals surface area (Å²) in [7, 11) is 0. The molecule has 27 heavy (non-hydrogen) atoms. The lowest BCUT2D eigenvalue weighted by Gasteiger charge is -2.17. The Labute approximate surface area is 160 Å². The molecule has 0 atom stereocenters. The second kappa shape index (κ2) is 8.98. The normalized spacial score (nSPS) is 11.2. The first kappa shape index (κ1) is 20.9. The standard InChI is InChI=1S/C22H30N2O3/c1-6-8-10-24-19(18(14(3)4)21(26)23-22(24)27)20(25)17-12-15(5)11-16(13-17)9-7-2/h11-14H,6-10H2,1-5H3,(H,23,26,27). The molecule has 0 fully saturated rings. The third-order valence-corrected chi connectivity index (χ3v) is 4.70. The number of carbonyl (C=O) groups excluding carboxylic acids is 1. The average molecular weight is 370 g/mol. The maximum absolute atomic E-state index is 13.5. The van der Waals surface area contributed by atoms with Crippen LogP contribution in [0.5, 0.6) is 0 Å². The number of carbonyl (C=O) groups is 1. The highest BCUT2D eigenvalue weighted by Gasteiger charge is 2.24. The van der Waals surface area contributed by atoms with E-state index in [4.69, 9.17) is 0 Å². The number of nitrogens with one attached hydrogen (secondary N) is 1. The van der Waals surface area contributed by atoms with E-state index in [0.717, 1.165) is 36.8 Å². The summed E-state index contributed by atoms with van der Waals surface area (Å²) in [6.07, 6.45) is 3.53. The number of ketones is 1. The van der Waals surface area contributed by atoms with Crippen LogP contribution in [0.25, 0.3) is 0 Å². The highest BCUT2D eigenvalue weighted by Crippen LogP contribution is 2.20. The molecule has 0 spiro atoms. The van der Waals surface area contributed by atoms with Gasteiger partial charge >= 0.3 is 5.69 Å². The quantitative estimate of drug-likeness (QED) is 0.715. The number of H-pyrrole nitrogens is 1. The van der Waals surface area contributed by atoms with Gasteiger partial charge < -0.3 is 0 Å². The minimum absolute atomic E-state index is 0.166. The van der Waals surface area contributed by atoms with Crippen LogP contribution in [0.1, 0.15) is 85.6 Å². The first-order valence-corrected chi connectivity index (χ1v) is 9.82. The Morgan fingerprint density at radius 1 is 1.11 bits per heavy atom. The average Bonchev–Trinajstić information content (AvgIpc) is 2.59. The van der Waals surface area contributed by atoms with Crippen LogP contribution in [0.2, 0.25) is 0 Å². The largest absolute Gasteiger partial charge is 0.328 e. The van der Waals surface area contributed by atoms with Crippen LogP contribution in [0.4, 0.5) is 0 Å². The SMILES string of the molecule is CCCCn1c(C(=O)c2cc(C)cc(CCC)c2)c(C(C)C)c(=O)[nH]c1=O. The molecule has 5 heteroatoms. The molecule has 0 unspecified atom stereocenters. The Hall–Kier alpha value is -2.43. The molecule has 2 rings (SSSR count). The van der Waals surface area contributed by atoms with Crippen LogP contribution in [0.3, 0.4) is 0 Å². The number of nitrogens with zero attached hydrogens (tertiary/aromatic N) is 1. The molecule has 1 aromatic heterocycles. The van der Waals surface area contributed by atoms with E-state index in [9.17, 15) is 14.4 Å². The first-order chi connectivity index (χ1) is 12.8. The summed E-state index contributed by atoms with van der Waals surface area (Å²) in [4.78, 5) is 40.8. The number of hydrogen-bond donors (Lipinski definition) is 1. The molecule has 0 bridgehead atoms. The van der Waals surface area contributed by atoms with E-state index >= 15 is 0 Å². The van der Waals surface area contributed by atoms with E-state index in [-0.39, 0.29) is 17.4 Å². The van der Waals surface area contributed by atoms with Gasteiger partial charge in [-0.1, -0.05) is 52.2 Å². The number of benzene rings is 1. The minimum Gasteiger partial charge on any atom is -0.290 e. The number of aromatic nitrogens is 2. The van der Waals surface area contributed by atoms with E-state index in [2.05, 4.69) is 18.0 Å². The number of unbranched alkanes of at least 4 members (excludes halogenated alkanes) is 1. The molecule has 1 heterocycles. The molecule has 0 saturated heterocycles. The fourth-order valence-corrected chi connectivity index (χ4v) is 3.46. The van der Waals surface area contributed by atoms with Crippen molar-refractivity contribution in [1.82, 2.24) is 9.55 Å². The first-order valence-electron chi connectivity index (χ1n) is 9.82. The monoisotopic (exact) mass is 370 g/mol. The van der Waals surface area contributed by atoms with Crippen LogP contribution in [-0.4, -0.2) is 15.3 Å². The molecule has 0 saturated carbocycles. The summed E-state index contributed by atoms with van der Waals surface area (Å²) in [6.45, 7) is 10.2. The maximum atomic E-state index is 13.5. The van der Waals surface area contributed by atoms with Crippen molar-refractivity contribution in [2.75, 3.05) is 0 Å². The second-order valence-corrected chi connectivity index (χ2v) is 7.47. The molecule has 0 amide bonds. The number of hydrogen-bond acceptors (Lipinski definition) is 3. The number of rotatable bonds is 8. The predicted octanol–water partition coefficient (Wildman–Crippen LogP) is 3.95. The maximum Gasteiger partial charge on any atom is 0.328 e. The van der Waals surface area contributed by atoms with Gasteiger partial charge in [0.2, 0.25) is 5.78 Å². The van der Waals surface area contributed by atoms with Crippen molar-refractivity contribution in [3.8, 4) is 0 Å². The van der Waals surface area contributed by atoms with E-state index < -0.39 is 11.2 Å². The smallest absolute Gasteiger partial charge is 0.290 e. The van der Waals surface area contributed by atoms with Gasteiger partial charge in [-0.2, -0.15) is 0 Å². The Morgan fingerprint density at radius 2 is 1.81 bits per heavy atom. The Balaban J connectivity index is 2.73. The third-order valence-electron chi connectivity index (χ3n) is 4.70. The summed E-state index contributed by atoms with van der Waals surface area (Å²) in [5, 5.41) is 0. The lowest BCUT2D eigenvalue weighted by molar-refractivity contribution is 0.102. The van der Waals surface area contributed by atoms with E-state index in [1.165, 1.54) is 4.57 Å². The molecule has 1 N–H and O–H groups in total. The highest BCUT2D eigenvalue weighted by molar-refractivity contribution is 6.09. The van der Waals surface area contributed by atoms with Crippen LogP contribution in [0, 0.1) is 6.92 Å². The van der Waals surface area contributed by atoms with Crippen molar-refractivity contribution in [3.05, 3.63) is 67.0 Å². The zero-order valence-electron chi connectivity index (χ0n) is 17.0. The molecule has 2 aromatic rings. The van der Waals surface area contributed by atoms with Gasteiger partial charge in [0.15, 0.2) is 0 Å². The second-order valence-electron chi connectivity index (χ2n) is 7.47. The van der Waals surface area contributed by atoms with Crippen molar-refractivity contribution < 1.29 is 4.79 Å². The van der Waals surface area contributed by atoms with Crippen LogP contribution < -0.4 is 11.2 Å².